The van der Waals surface area contributed by atoms with Crippen LogP contribution < -0.4 is 4.74 Å². The van der Waals surface area contributed by atoms with Crippen molar-refractivity contribution >= 4 is 11.9 Å². The molecule has 0 aromatic heterocycles. The Morgan fingerprint density at radius 2 is 1.76 bits per heavy atom. The zero-order valence-electron chi connectivity index (χ0n) is 18.8. The average Bonchev–Trinajstić information content (AvgIpc) is 2.64. The third-order valence-electron chi connectivity index (χ3n) is 5.17. The first-order valence-electron chi connectivity index (χ1n) is 11.0. The summed E-state index contributed by atoms with van der Waals surface area (Å²) in [5, 5.41) is 0. The number of amides is 1. The Hall–Kier alpha value is -2.04. The summed E-state index contributed by atoms with van der Waals surface area (Å²) in [6.45, 7) is 10.3. The van der Waals surface area contributed by atoms with E-state index in [2.05, 4.69) is 6.92 Å². The lowest BCUT2D eigenvalue weighted by Gasteiger charge is -2.36. The molecule has 1 heterocycles. The molecule has 0 aliphatic carbocycles. The number of benzene rings is 1. The molecule has 1 unspecified atom stereocenters. The normalized spacial score (nSPS) is 16.3. The zero-order valence-corrected chi connectivity index (χ0v) is 18.8. The molecular weight excluding hydrogens is 366 g/mol. The highest BCUT2D eigenvalue weighted by Crippen LogP contribution is 2.29. The van der Waals surface area contributed by atoms with Crippen molar-refractivity contribution < 1.29 is 19.1 Å². The summed E-state index contributed by atoms with van der Waals surface area (Å²) in [6, 6.07) is 5.51. The number of ketones is 1. The molecular formula is C24H37NO4. The number of rotatable bonds is 9. The van der Waals surface area contributed by atoms with Crippen molar-refractivity contribution in [2.24, 2.45) is 0 Å². The molecule has 0 fully saturated rings. The molecule has 0 N–H and O–H groups in total. The van der Waals surface area contributed by atoms with Gasteiger partial charge in [-0.3, -0.25) is 9.69 Å². The van der Waals surface area contributed by atoms with E-state index in [-0.39, 0.29) is 5.78 Å². The highest BCUT2D eigenvalue weighted by molar-refractivity contribution is 5.86. The van der Waals surface area contributed by atoms with Gasteiger partial charge in [-0.2, -0.15) is 0 Å². The van der Waals surface area contributed by atoms with Gasteiger partial charge in [0.25, 0.3) is 0 Å². The lowest BCUT2D eigenvalue weighted by molar-refractivity contribution is -0.122. The average molecular weight is 404 g/mol. The number of carbonyl (C=O) groups is 2. The van der Waals surface area contributed by atoms with Gasteiger partial charge in [-0.15, -0.1) is 0 Å². The maximum atomic E-state index is 12.7. The van der Waals surface area contributed by atoms with E-state index in [4.69, 9.17) is 9.47 Å². The fourth-order valence-corrected chi connectivity index (χ4v) is 3.60. The van der Waals surface area contributed by atoms with Crippen LogP contribution >= 0.6 is 0 Å². The molecule has 0 bridgehead atoms. The van der Waals surface area contributed by atoms with Crippen LogP contribution in [0.5, 0.6) is 5.75 Å². The summed E-state index contributed by atoms with van der Waals surface area (Å²) in [7, 11) is 0. The number of unbranched alkanes of at least 4 members (excludes halogenated alkanes) is 5. The molecule has 2 rings (SSSR count). The van der Waals surface area contributed by atoms with E-state index in [1.54, 1.807) is 4.90 Å². The number of nitrogens with zero attached hydrogens (tertiary/aromatic N) is 1. The minimum absolute atomic E-state index is 0.0232. The van der Waals surface area contributed by atoms with Gasteiger partial charge in [0.15, 0.2) is 5.78 Å². The van der Waals surface area contributed by atoms with Crippen molar-refractivity contribution in [1.29, 1.82) is 0 Å². The quantitative estimate of drug-likeness (QED) is 0.498. The number of carbonyl (C=O) groups excluding carboxylic acids is 2. The van der Waals surface area contributed by atoms with Crippen molar-refractivity contribution in [3.63, 3.8) is 0 Å². The largest absolute Gasteiger partial charge is 0.494 e. The van der Waals surface area contributed by atoms with Crippen LogP contribution in [0.1, 0.15) is 84.3 Å². The van der Waals surface area contributed by atoms with Crippen LogP contribution in [0.15, 0.2) is 18.2 Å². The summed E-state index contributed by atoms with van der Waals surface area (Å²) in [5.41, 5.74) is 1.52. The van der Waals surface area contributed by atoms with E-state index >= 15 is 0 Å². The van der Waals surface area contributed by atoms with Crippen LogP contribution in [0.3, 0.4) is 0 Å². The monoisotopic (exact) mass is 403 g/mol. The minimum atomic E-state index is -0.596. The molecule has 1 atom stereocenters. The summed E-state index contributed by atoms with van der Waals surface area (Å²) in [5.74, 6) is 0.799. The molecule has 0 saturated heterocycles. The van der Waals surface area contributed by atoms with Gasteiger partial charge in [0.2, 0.25) is 0 Å². The Balaban J connectivity index is 1.99. The van der Waals surface area contributed by atoms with E-state index in [0.29, 0.717) is 19.6 Å². The SMILES string of the molecule is CCCCCCCCOc1ccc2c(c1)CN(C(=O)OC(C)(C)C)C(C(C)=O)C2. The first kappa shape index (κ1) is 23.2. The fraction of sp³-hybridized carbons (Fsp3) is 0.667. The topological polar surface area (TPSA) is 55.8 Å². The van der Waals surface area contributed by atoms with E-state index in [1.807, 2.05) is 39.0 Å². The molecule has 0 radical (unpaired) electrons. The first-order chi connectivity index (χ1) is 13.7. The highest BCUT2D eigenvalue weighted by Gasteiger charge is 2.35. The van der Waals surface area contributed by atoms with Gasteiger partial charge < -0.3 is 9.47 Å². The fourth-order valence-electron chi connectivity index (χ4n) is 3.60. The van der Waals surface area contributed by atoms with E-state index in [9.17, 15) is 9.59 Å². The van der Waals surface area contributed by atoms with Gasteiger partial charge in [-0.05, 0) is 57.4 Å². The van der Waals surface area contributed by atoms with Crippen LogP contribution in [0, 0.1) is 0 Å². The summed E-state index contributed by atoms with van der Waals surface area (Å²) < 4.78 is 11.5. The van der Waals surface area contributed by atoms with Crippen molar-refractivity contribution in [3.8, 4) is 5.75 Å². The number of hydrogen-bond acceptors (Lipinski definition) is 4. The van der Waals surface area contributed by atoms with E-state index in [1.165, 1.54) is 39.0 Å². The molecule has 0 saturated carbocycles. The lowest BCUT2D eigenvalue weighted by atomic mass is 9.92. The Labute approximate surface area is 175 Å². The second-order valence-corrected chi connectivity index (χ2v) is 8.99. The van der Waals surface area contributed by atoms with Gasteiger partial charge in [-0.25, -0.2) is 4.79 Å². The number of Topliss-reactive ketones (excluding diaryl/α,β-unsaturated/α-hetero) is 1. The highest BCUT2D eigenvalue weighted by atomic mass is 16.6. The third-order valence-corrected chi connectivity index (χ3v) is 5.17. The van der Waals surface area contributed by atoms with Gasteiger partial charge in [0, 0.05) is 6.42 Å². The molecule has 0 spiro atoms. The molecule has 1 aromatic carbocycles. The van der Waals surface area contributed by atoms with Crippen molar-refractivity contribution in [2.75, 3.05) is 6.61 Å². The van der Waals surface area contributed by atoms with Crippen molar-refractivity contribution in [1.82, 2.24) is 4.90 Å². The molecule has 1 amide bonds. The smallest absolute Gasteiger partial charge is 0.411 e. The van der Waals surface area contributed by atoms with Crippen LogP contribution in [-0.2, 0) is 22.5 Å². The Bertz CT molecular complexity index is 693. The van der Waals surface area contributed by atoms with Crippen LogP contribution in [0.25, 0.3) is 0 Å². The predicted molar refractivity (Wildman–Crippen MR) is 115 cm³/mol. The molecule has 1 aliphatic rings. The maximum absolute atomic E-state index is 12.7. The van der Waals surface area contributed by atoms with Gasteiger partial charge >= 0.3 is 6.09 Å². The van der Waals surface area contributed by atoms with Crippen molar-refractivity contribution in [3.05, 3.63) is 29.3 Å². The number of hydrogen-bond donors (Lipinski definition) is 0. The van der Waals surface area contributed by atoms with Gasteiger partial charge in [0.1, 0.15) is 11.4 Å². The molecule has 1 aromatic rings. The summed E-state index contributed by atoms with van der Waals surface area (Å²) in [6.07, 6.45) is 7.45. The summed E-state index contributed by atoms with van der Waals surface area (Å²) >= 11 is 0. The molecule has 5 heteroatoms. The molecule has 29 heavy (non-hydrogen) atoms. The van der Waals surface area contributed by atoms with E-state index in [0.717, 1.165) is 23.3 Å². The lowest BCUT2D eigenvalue weighted by Crippen LogP contribution is -2.49. The second-order valence-electron chi connectivity index (χ2n) is 8.99. The van der Waals surface area contributed by atoms with Gasteiger partial charge in [0.05, 0.1) is 19.2 Å². The zero-order chi connectivity index (χ0) is 21.4. The molecule has 1 aliphatic heterocycles. The van der Waals surface area contributed by atoms with Crippen LogP contribution in [0.4, 0.5) is 4.79 Å². The first-order valence-corrected chi connectivity index (χ1v) is 11.0. The van der Waals surface area contributed by atoms with Crippen LogP contribution in [0.2, 0.25) is 0 Å². The van der Waals surface area contributed by atoms with E-state index < -0.39 is 17.7 Å². The third kappa shape index (κ3) is 7.37. The van der Waals surface area contributed by atoms with Crippen LogP contribution in [-0.4, -0.2) is 35.0 Å². The number of ether oxygens (including phenoxy) is 2. The molecule has 5 nitrogen and oxygen atoms in total. The second kappa shape index (κ2) is 10.7. The standard InChI is InChI=1S/C24H37NO4/c1-6-7-8-9-10-11-14-28-21-13-12-19-16-22(18(2)26)25(17-20(19)15-21)23(27)29-24(3,4)5/h12-13,15,22H,6-11,14,16-17H2,1-5H3. The Morgan fingerprint density at radius 1 is 1.07 bits per heavy atom. The Morgan fingerprint density at radius 3 is 2.41 bits per heavy atom. The molecule has 162 valence electrons. The maximum Gasteiger partial charge on any atom is 0.411 e. The van der Waals surface area contributed by atoms with Gasteiger partial charge in [-0.1, -0.05) is 45.1 Å². The Kier molecular flexibility index (Phi) is 8.54. The van der Waals surface area contributed by atoms with Crippen molar-refractivity contribution in [2.45, 2.75) is 97.8 Å². The predicted octanol–water partition coefficient (Wildman–Crippen LogP) is 5.68. The number of fused-ring (bicyclic) bond motifs is 1. The minimum Gasteiger partial charge on any atom is -0.494 e. The summed E-state index contributed by atoms with van der Waals surface area (Å²) in [4.78, 5) is 26.4.